The Labute approximate surface area is 107 Å². The molecule has 0 unspecified atom stereocenters. The van der Waals surface area contributed by atoms with Crippen LogP contribution in [0.5, 0.6) is 0 Å². The van der Waals surface area contributed by atoms with Crippen molar-refractivity contribution in [2.24, 2.45) is 5.73 Å². The van der Waals surface area contributed by atoms with Crippen LogP contribution in [-0.4, -0.2) is 10.1 Å². The van der Waals surface area contributed by atoms with Gasteiger partial charge in [-0.05, 0) is 18.4 Å². The fraction of sp³-hybridized carbons (Fsp3) is 0.333. The van der Waals surface area contributed by atoms with Crippen molar-refractivity contribution in [3.05, 3.63) is 47.6 Å². The van der Waals surface area contributed by atoms with Gasteiger partial charge in [0.05, 0.1) is 6.04 Å². The van der Waals surface area contributed by atoms with Crippen LogP contribution in [0, 0.1) is 0 Å². The summed E-state index contributed by atoms with van der Waals surface area (Å²) in [5, 5.41) is 2.87. The molecular formula is C12H12F3N3O. The van der Waals surface area contributed by atoms with Gasteiger partial charge in [0, 0.05) is 0 Å². The van der Waals surface area contributed by atoms with Gasteiger partial charge in [0.1, 0.15) is 0 Å². The summed E-state index contributed by atoms with van der Waals surface area (Å²) < 4.78 is 41.4. The van der Waals surface area contributed by atoms with Crippen LogP contribution in [-0.2, 0) is 12.6 Å². The third kappa shape index (κ3) is 3.54. The number of nitrogens with two attached hydrogens (primary N) is 1. The summed E-state index contributed by atoms with van der Waals surface area (Å²) in [5.41, 5.74) is 6.79. The number of aryl methyl sites for hydroxylation is 1. The SMILES string of the molecule is N[C@@H](CCc1ccccc1)c1nc(C(F)(F)F)no1. The Hall–Kier alpha value is -1.89. The molecule has 0 aliphatic carbocycles. The lowest BCUT2D eigenvalue weighted by Crippen LogP contribution is -2.13. The summed E-state index contributed by atoms with van der Waals surface area (Å²) in [6, 6.07) is 8.79. The molecule has 1 atom stereocenters. The van der Waals surface area contributed by atoms with Crippen molar-refractivity contribution in [1.82, 2.24) is 10.1 Å². The number of hydrogen-bond donors (Lipinski definition) is 1. The molecule has 102 valence electrons. The first-order valence-corrected chi connectivity index (χ1v) is 5.67. The standard InChI is InChI=1S/C12H12F3N3O/c13-12(14,15)11-17-10(19-18-11)9(16)7-6-8-4-2-1-3-5-8/h1-5,9H,6-7,16H2/t9-/m0/s1. The molecule has 1 aromatic carbocycles. The summed E-state index contributed by atoms with van der Waals surface area (Å²) in [5.74, 6) is -1.49. The molecule has 0 aliphatic heterocycles. The Morgan fingerprint density at radius 2 is 1.89 bits per heavy atom. The number of benzene rings is 1. The quantitative estimate of drug-likeness (QED) is 0.928. The van der Waals surface area contributed by atoms with Crippen LogP contribution < -0.4 is 5.73 Å². The fourth-order valence-electron chi connectivity index (χ4n) is 1.59. The summed E-state index contributed by atoms with van der Waals surface area (Å²) in [6.45, 7) is 0. The topological polar surface area (TPSA) is 64.9 Å². The van der Waals surface area contributed by atoms with E-state index < -0.39 is 18.0 Å². The van der Waals surface area contributed by atoms with Crippen molar-refractivity contribution < 1.29 is 17.7 Å². The second-order valence-electron chi connectivity index (χ2n) is 4.08. The zero-order valence-electron chi connectivity index (χ0n) is 9.89. The Morgan fingerprint density at radius 3 is 2.47 bits per heavy atom. The van der Waals surface area contributed by atoms with Gasteiger partial charge in [-0.1, -0.05) is 35.5 Å². The molecule has 0 saturated carbocycles. The van der Waals surface area contributed by atoms with E-state index in [9.17, 15) is 13.2 Å². The highest BCUT2D eigenvalue weighted by atomic mass is 19.4. The number of halogens is 3. The minimum atomic E-state index is -4.61. The van der Waals surface area contributed by atoms with Crippen LogP contribution in [0.4, 0.5) is 13.2 Å². The van der Waals surface area contributed by atoms with Gasteiger partial charge in [0.15, 0.2) is 0 Å². The Balaban J connectivity index is 1.97. The maximum absolute atomic E-state index is 12.3. The molecule has 19 heavy (non-hydrogen) atoms. The number of alkyl halides is 3. The average molecular weight is 271 g/mol. The van der Waals surface area contributed by atoms with Crippen LogP contribution >= 0.6 is 0 Å². The third-order valence-electron chi connectivity index (χ3n) is 2.60. The van der Waals surface area contributed by atoms with Crippen LogP contribution in [0.15, 0.2) is 34.9 Å². The van der Waals surface area contributed by atoms with E-state index in [0.29, 0.717) is 12.8 Å². The summed E-state index contributed by atoms with van der Waals surface area (Å²) >= 11 is 0. The summed E-state index contributed by atoms with van der Waals surface area (Å²) in [6.07, 6.45) is -3.55. The van der Waals surface area contributed by atoms with E-state index in [1.54, 1.807) is 0 Å². The number of rotatable bonds is 4. The molecule has 4 nitrogen and oxygen atoms in total. The van der Waals surface area contributed by atoms with Gasteiger partial charge < -0.3 is 10.3 Å². The van der Waals surface area contributed by atoms with Crippen molar-refractivity contribution in [2.45, 2.75) is 25.1 Å². The molecule has 2 aromatic rings. The predicted octanol–water partition coefficient (Wildman–Crippen LogP) is 2.72. The molecule has 0 bridgehead atoms. The minimum Gasteiger partial charge on any atom is -0.337 e. The Kier molecular flexibility index (Phi) is 3.84. The number of nitrogens with zero attached hydrogens (tertiary/aromatic N) is 2. The molecule has 0 aliphatic rings. The van der Waals surface area contributed by atoms with Gasteiger partial charge >= 0.3 is 6.18 Å². The highest BCUT2D eigenvalue weighted by Crippen LogP contribution is 2.27. The van der Waals surface area contributed by atoms with E-state index >= 15 is 0 Å². The third-order valence-corrected chi connectivity index (χ3v) is 2.60. The number of aromatic nitrogens is 2. The van der Waals surface area contributed by atoms with Gasteiger partial charge in [-0.3, -0.25) is 0 Å². The van der Waals surface area contributed by atoms with Crippen molar-refractivity contribution in [1.29, 1.82) is 0 Å². The zero-order chi connectivity index (χ0) is 13.9. The van der Waals surface area contributed by atoms with Gasteiger partial charge in [-0.25, -0.2) is 0 Å². The van der Waals surface area contributed by atoms with Crippen LogP contribution in [0.3, 0.4) is 0 Å². The van der Waals surface area contributed by atoms with Crippen LogP contribution in [0.2, 0.25) is 0 Å². The van der Waals surface area contributed by atoms with Crippen molar-refractivity contribution in [3.63, 3.8) is 0 Å². The molecular weight excluding hydrogens is 259 g/mol. The van der Waals surface area contributed by atoms with E-state index in [1.807, 2.05) is 30.3 Å². The van der Waals surface area contributed by atoms with Crippen molar-refractivity contribution in [3.8, 4) is 0 Å². The lowest BCUT2D eigenvalue weighted by molar-refractivity contribution is -0.146. The number of hydrogen-bond acceptors (Lipinski definition) is 4. The van der Waals surface area contributed by atoms with E-state index in [-0.39, 0.29) is 5.89 Å². The molecule has 0 amide bonds. The van der Waals surface area contributed by atoms with Crippen molar-refractivity contribution >= 4 is 0 Å². The Morgan fingerprint density at radius 1 is 1.21 bits per heavy atom. The minimum absolute atomic E-state index is 0.191. The largest absolute Gasteiger partial charge is 0.455 e. The molecule has 0 radical (unpaired) electrons. The molecule has 7 heteroatoms. The first-order valence-electron chi connectivity index (χ1n) is 5.67. The maximum Gasteiger partial charge on any atom is 0.455 e. The lowest BCUT2D eigenvalue weighted by atomic mass is 10.1. The zero-order valence-corrected chi connectivity index (χ0v) is 9.89. The van der Waals surface area contributed by atoms with E-state index in [0.717, 1.165) is 5.56 Å². The van der Waals surface area contributed by atoms with Crippen LogP contribution in [0.25, 0.3) is 0 Å². The molecule has 0 fully saturated rings. The highest BCUT2D eigenvalue weighted by Gasteiger charge is 2.37. The van der Waals surface area contributed by atoms with Gasteiger partial charge in [0.25, 0.3) is 5.82 Å². The Bertz CT molecular complexity index is 525. The van der Waals surface area contributed by atoms with E-state index in [1.165, 1.54) is 0 Å². The van der Waals surface area contributed by atoms with E-state index in [4.69, 9.17) is 5.73 Å². The lowest BCUT2D eigenvalue weighted by Gasteiger charge is -2.06. The first-order chi connectivity index (χ1) is 8.97. The fourth-order valence-corrected chi connectivity index (χ4v) is 1.59. The molecule has 1 aromatic heterocycles. The monoisotopic (exact) mass is 271 g/mol. The summed E-state index contributed by atoms with van der Waals surface area (Å²) in [7, 11) is 0. The first kappa shape index (κ1) is 13.5. The second-order valence-corrected chi connectivity index (χ2v) is 4.08. The van der Waals surface area contributed by atoms with Gasteiger partial charge in [-0.2, -0.15) is 18.2 Å². The molecule has 0 saturated heterocycles. The molecule has 0 spiro atoms. The van der Waals surface area contributed by atoms with Crippen LogP contribution in [0.1, 0.15) is 29.7 Å². The smallest absolute Gasteiger partial charge is 0.337 e. The van der Waals surface area contributed by atoms with Gasteiger partial charge in [-0.15, -0.1) is 0 Å². The molecule has 1 heterocycles. The van der Waals surface area contributed by atoms with E-state index in [2.05, 4.69) is 14.7 Å². The normalized spacial score (nSPS) is 13.5. The maximum atomic E-state index is 12.3. The highest BCUT2D eigenvalue weighted by molar-refractivity contribution is 5.15. The van der Waals surface area contributed by atoms with Crippen molar-refractivity contribution in [2.75, 3.05) is 0 Å². The predicted molar refractivity (Wildman–Crippen MR) is 61.0 cm³/mol. The average Bonchev–Trinajstić information content (AvgIpc) is 2.87. The molecule has 2 rings (SSSR count). The molecule has 2 N–H and O–H groups in total. The van der Waals surface area contributed by atoms with Gasteiger partial charge in [0.2, 0.25) is 5.89 Å². The second kappa shape index (κ2) is 5.40. The summed E-state index contributed by atoms with van der Waals surface area (Å²) in [4.78, 5) is 3.27.